The van der Waals surface area contributed by atoms with Gasteiger partial charge in [-0.25, -0.2) is 0 Å². The van der Waals surface area contributed by atoms with E-state index < -0.39 is 0 Å². The summed E-state index contributed by atoms with van der Waals surface area (Å²) in [5.74, 6) is 0.223. The molecule has 0 aromatic heterocycles. The molecule has 1 atom stereocenters. The number of amides is 1. The quantitative estimate of drug-likeness (QED) is 0.575. The minimum Gasteiger partial charge on any atom is -0.383 e. The van der Waals surface area contributed by atoms with Gasteiger partial charge in [-0.15, -0.1) is 0 Å². The highest BCUT2D eigenvalue weighted by Gasteiger charge is 2.19. The lowest BCUT2D eigenvalue weighted by atomic mass is 10.1. The Morgan fingerprint density at radius 1 is 1.44 bits per heavy atom. The van der Waals surface area contributed by atoms with E-state index >= 15 is 0 Å². The molecule has 0 radical (unpaired) electrons. The molecule has 0 bridgehead atoms. The molecule has 0 aliphatic heterocycles. The summed E-state index contributed by atoms with van der Waals surface area (Å²) in [6.45, 7) is 7.04. The molecule has 0 aromatic carbocycles. The van der Waals surface area contributed by atoms with E-state index in [1.54, 1.807) is 7.11 Å². The maximum atomic E-state index is 10.9. The Morgan fingerprint density at radius 2 is 2.06 bits per heavy atom. The first kappa shape index (κ1) is 15.3. The third-order valence-corrected chi connectivity index (χ3v) is 2.41. The van der Waals surface area contributed by atoms with Crippen LogP contribution in [0.25, 0.3) is 0 Å². The van der Waals surface area contributed by atoms with E-state index in [4.69, 9.17) is 16.2 Å². The van der Waals surface area contributed by atoms with Crippen molar-refractivity contribution in [1.29, 1.82) is 0 Å². The molecule has 0 aliphatic rings. The first-order valence-corrected chi connectivity index (χ1v) is 5.72. The molecular weight excluding hydrogens is 206 g/mol. The van der Waals surface area contributed by atoms with Crippen molar-refractivity contribution < 1.29 is 9.53 Å². The lowest BCUT2D eigenvalue weighted by molar-refractivity contribution is -0.119. The number of carbonyl (C=O) groups excluding carboxylic acids is 1. The molecule has 0 heterocycles. The van der Waals surface area contributed by atoms with Crippen molar-refractivity contribution in [1.82, 2.24) is 4.90 Å². The number of rotatable bonds is 9. The lowest BCUT2D eigenvalue weighted by Gasteiger charge is -2.31. The molecule has 0 fully saturated rings. The van der Waals surface area contributed by atoms with E-state index in [1.165, 1.54) is 0 Å². The maximum Gasteiger partial charge on any atom is 0.219 e. The third kappa shape index (κ3) is 6.76. The van der Waals surface area contributed by atoms with Gasteiger partial charge in [0, 0.05) is 39.2 Å². The molecule has 0 aromatic rings. The molecule has 5 heteroatoms. The molecule has 5 nitrogen and oxygen atoms in total. The Balaban J connectivity index is 4.35. The summed E-state index contributed by atoms with van der Waals surface area (Å²) in [4.78, 5) is 13.1. The number of nitrogens with zero attached hydrogens (tertiary/aromatic N) is 1. The van der Waals surface area contributed by atoms with Gasteiger partial charge in [-0.1, -0.05) is 13.8 Å². The zero-order valence-corrected chi connectivity index (χ0v) is 10.6. The monoisotopic (exact) mass is 231 g/mol. The van der Waals surface area contributed by atoms with Crippen LogP contribution in [0, 0.1) is 5.92 Å². The summed E-state index contributed by atoms with van der Waals surface area (Å²) >= 11 is 0. The smallest absolute Gasteiger partial charge is 0.219 e. The van der Waals surface area contributed by atoms with Gasteiger partial charge in [0.05, 0.1) is 6.61 Å². The minimum absolute atomic E-state index is 0.0232. The molecule has 16 heavy (non-hydrogen) atoms. The molecule has 0 saturated heterocycles. The minimum atomic E-state index is -0.304. The molecule has 96 valence electrons. The molecule has 4 N–H and O–H groups in total. The second kappa shape index (κ2) is 8.50. The Kier molecular flexibility index (Phi) is 8.15. The van der Waals surface area contributed by atoms with Crippen molar-refractivity contribution in [3.05, 3.63) is 0 Å². The van der Waals surface area contributed by atoms with Crippen molar-refractivity contribution in [3.8, 4) is 0 Å². The van der Waals surface area contributed by atoms with Crippen molar-refractivity contribution in [2.75, 3.05) is 33.4 Å². The van der Waals surface area contributed by atoms with Crippen molar-refractivity contribution in [3.63, 3.8) is 0 Å². The van der Waals surface area contributed by atoms with Crippen LogP contribution >= 0.6 is 0 Å². The van der Waals surface area contributed by atoms with Gasteiger partial charge >= 0.3 is 0 Å². The van der Waals surface area contributed by atoms with Crippen LogP contribution in [0.4, 0.5) is 0 Å². The van der Waals surface area contributed by atoms with Gasteiger partial charge in [0.15, 0.2) is 0 Å². The lowest BCUT2D eigenvalue weighted by Crippen LogP contribution is -2.46. The van der Waals surface area contributed by atoms with Gasteiger partial charge < -0.3 is 16.2 Å². The Hall–Kier alpha value is -0.650. The predicted molar refractivity (Wildman–Crippen MR) is 64.9 cm³/mol. The first-order valence-electron chi connectivity index (χ1n) is 5.72. The molecule has 0 spiro atoms. The first-order chi connectivity index (χ1) is 7.51. The van der Waals surface area contributed by atoms with E-state index in [0.29, 0.717) is 25.5 Å². The van der Waals surface area contributed by atoms with Gasteiger partial charge in [-0.2, -0.15) is 0 Å². The summed E-state index contributed by atoms with van der Waals surface area (Å²) in [6, 6.07) is 0.0232. The van der Waals surface area contributed by atoms with Crippen LogP contribution < -0.4 is 11.5 Å². The average molecular weight is 231 g/mol. The average Bonchev–Trinajstić information content (AvgIpc) is 2.20. The zero-order valence-electron chi connectivity index (χ0n) is 10.6. The molecule has 1 unspecified atom stereocenters. The van der Waals surface area contributed by atoms with Crippen molar-refractivity contribution in [2.45, 2.75) is 26.3 Å². The fraction of sp³-hybridized carbons (Fsp3) is 0.909. The highest BCUT2D eigenvalue weighted by molar-refractivity contribution is 5.74. The van der Waals surface area contributed by atoms with E-state index in [2.05, 4.69) is 18.7 Å². The van der Waals surface area contributed by atoms with Crippen LogP contribution in [-0.4, -0.2) is 50.2 Å². The van der Waals surface area contributed by atoms with Crippen LogP contribution in [-0.2, 0) is 9.53 Å². The van der Waals surface area contributed by atoms with Gasteiger partial charge in [-0.3, -0.25) is 9.69 Å². The maximum absolute atomic E-state index is 10.9. The summed E-state index contributed by atoms with van der Waals surface area (Å²) in [6.07, 6.45) is 0.312. The number of hydrogen-bond donors (Lipinski definition) is 2. The van der Waals surface area contributed by atoms with Gasteiger partial charge in [-0.05, 0) is 5.92 Å². The molecular formula is C11H25N3O2. The summed E-state index contributed by atoms with van der Waals surface area (Å²) in [7, 11) is 1.67. The van der Waals surface area contributed by atoms with Crippen LogP contribution in [0.15, 0.2) is 0 Å². The van der Waals surface area contributed by atoms with E-state index in [9.17, 15) is 4.79 Å². The van der Waals surface area contributed by atoms with Gasteiger partial charge in [0.25, 0.3) is 0 Å². The fourth-order valence-corrected chi connectivity index (χ4v) is 1.69. The molecule has 1 amide bonds. The van der Waals surface area contributed by atoms with Crippen molar-refractivity contribution in [2.24, 2.45) is 17.4 Å². The van der Waals surface area contributed by atoms with Crippen LogP contribution in [0.3, 0.4) is 0 Å². The van der Waals surface area contributed by atoms with Crippen molar-refractivity contribution >= 4 is 5.91 Å². The Morgan fingerprint density at radius 3 is 2.44 bits per heavy atom. The standard InChI is InChI=1S/C11H25N3O2/c1-9(2)8-14(4-5-16-3)10(7-12)6-11(13)15/h9-10H,4-8,12H2,1-3H3,(H2,13,15). The second-order valence-corrected chi connectivity index (χ2v) is 4.44. The Labute approximate surface area is 98.1 Å². The number of hydrogen-bond acceptors (Lipinski definition) is 4. The molecule has 0 aliphatic carbocycles. The highest BCUT2D eigenvalue weighted by atomic mass is 16.5. The Bertz CT molecular complexity index is 198. The summed E-state index contributed by atoms with van der Waals surface area (Å²) < 4.78 is 5.05. The number of primary amides is 1. The van der Waals surface area contributed by atoms with Crippen LogP contribution in [0.5, 0.6) is 0 Å². The van der Waals surface area contributed by atoms with Crippen LogP contribution in [0.2, 0.25) is 0 Å². The zero-order chi connectivity index (χ0) is 12.6. The van der Waals surface area contributed by atoms with E-state index in [1.807, 2.05) is 0 Å². The number of ether oxygens (including phenoxy) is 1. The second-order valence-electron chi connectivity index (χ2n) is 4.44. The van der Waals surface area contributed by atoms with Crippen LogP contribution in [0.1, 0.15) is 20.3 Å². The largest absolute Gasteiger partial charge is 0.383 e. The number of methoxy groups -OCH3 is 1. The van der Waals surface area contributed by atoms with E-state index in [-0.39, 0.29) is 11.9 Å². The predicted octanol–water partition coefficient (Wildman–Crippen LogP) is -0.206. The van der Waals surface area contributed by atoms with Gasteiger partial charge in [0.2, 0.25) is 5.91 Å². The summed E-state index contributed by atoms with van der Waals surface area (Å²) in [5.41, 5.74) is 10.9. The molecule has 0 rings (SSSR count). The summed E-state index contributed by atoms with van der Waals surface area (Å²) in [5, 5.41) is 0. The van der Waals surface area contributed by atoms with E-state index in [0.717, 1.165) is 13.1 Å². The highest BCUT2D eigenvalue weighted by Crippen LogP contribution is 2.07. The topological polar surface area (TPSA) is 81.6 Å². The molecule has 0 saturated carbocycles. The normalized spacial score (nSPS) is 13.4. The fourth-order valence-electron chi connectivity index (χ4n) is 1.69. The SMILES string of the molecule is COCCN(CC(C)C)C(CN)CC(N)=O. The number of nitrogens with two attached hydrogens (primary N) is 2. The van der Waals surface area contributed by atoms with Gasteiger partial charge in [0.1, 0.15) is 0 Å². The third-order valence-electron chi connectivity index (χ3n) is 2.41. The number of carbonyl (C=O) groups is 1.